The number of rotatable bonds is 16. The lowest BCUT2D eigenvalue weighted by Crippen LogP contribution is -2.32. The Morgan fingerprint density at radius 1 is 0.967 bits per heavy atom. The van der Waals surface area contributed by atoms with Crippen molar-refractivity contribution in [3.63, 3.8) is 0 Å². The largest absolute Gasteiger partial charge is 0.481 e. The van der Waals surface area contributed by atoms with Gasteiger partial charge in [-0.3, -0.25) is 9.59 Å². The highest BCUT2D eigenvalue weighted by Crippen LogP contribution is 2.43. The minimum absolute atomic E-state index is 0.169. The molecule has 2 rings (SSSR count). The molecule has 0 unspecified atom stereocenters. The zero-order valence-electron chi connectivity index (χ0n) is 19.3. The molecule has 30 heavy (non-hydrogen) atoms. The van der Waals surface area contributed by atoms with Crippen molar-refractivity contribution >= 4 is 11.8 Å². The topological polar surface area (TPSA) is 72.8 Å². The number of Topliss-reactive ketones (excluding diaryl/α,β-unsaturated/α-hetero) is 1. The lowest BCUT2D eigenvalue weighted by Gasteiger charge is -2.31. The van der Waals surface area contributed by atoms with E-state index in [1.165, 1.54) is 25.7 Å². The fourth-order valence-corrected chi connectivity index (χ4v) is 5.41. The molecule has 5 heteroatoms. The summed E-state index contributed by atoms with van der Waals surface area (Å²) < 4.78 is 12.2. The molecule has 2 aliphatic rings. The quantitative estimate of drug-likeness (QED) is 0.301. The highest BCUT2D eigenvalue weighted by Gasteiger charge is 2.42. The highest BCUT2D eigenvalue weighted by atomic mass is 16.7. The Balaban J connectivity index is 1.78. The van der Waals surface area contributed by atoms with E-state index in [0.29, 0.717) is 37.3 Å². The SMILES string of the molecule is CCCCCCCC1(CC[C@H]2[C@H](C)CC(=O)[C@@H]2CCCCCCC(=O)O)OCCO1. The summed E-state index contributed by atoms with van der Waals surface area (Å²) in [5.74, 6) is 0.338. The van der Waals surface area contributed by atoms with Gasteiger partial charge in [-0.2, -0.15) is 0 Å². The van der Waals surface area contributed by atoms with Gasteiger partial charge in [0.25, 0.3) is 0 Å². The van der Waals surface area contributed by atoms with Crippen LogP contribution in [0.1, 0.15) is 110 Å². The molecule has 1 saturated heterocycles. The van der Waals surface area contributed by atoms with Gasteiger partial charge >= 0.3 is 5.97 Å². The Labute approximate surface area is 183 Å². The molecule has 0 spiro atoms. The van der Waals surface area contributed by atoms with Crippen molar-refractivity contribution in [2.45, 2.75) is 116 Å². The monoisotopic (exact) mass is 424 g/mol. The second kappa shape index (κ2) is 13.5. The van der Waals surface area contributed by atoms with Crippen LogP contribution in [0, 0.1) is 17.8 Å². The number of carboxylic acids is 1. The fraction of sp³-hybridized carbons (Fsp3) is 0.920. The summed E-state index contributed by atoms with van der Waals surface area (Å²) in [4.78, 5) is 23.2. The Morgan fingerprint density at radius 3 is 2.33 bits per heavy atom. The molecule has 0 radical (unpaired) electrons. The molecule has 1 aliphatic carbocycles. The number of ether oxygens (including phenoxy) is 2. The van der Waals surface area contributed by atoms with E-state index in [1.807, 2.05) is 0 Å². The van der Waals surface area contributed by atoms with E-state index in [-0.39, 0.29) is 12.3 Å². The average Bonchev–Trinajstić information content (AvgIpc) is 3.27. The minimum Gasteiger partial charge on any atom is -0.481 e. The maximum absolute atomic E-state index is 12.6. The van der Waals surface area contributed by atoms with Crippen LogP contribution in [-0.4, -0.2) is 35.9 Å². The summed E-state index contributed by atoms with van der Waals surface area (Å²) in [6.07, 6.45) is 14.7. The first-order chi connectivity index (χ1) is 14.5. The summed E-state index contributed by atoms with van der Waals surface area (Å²) in [5, 5.41) is 8.74. The van der Waals surface area contributed by atoms with E-state index in [1.54, 1.807) is 0 Å². The van der Waals surface area contributed by atoms with Crippen LogP contribution in [-0.2, 0) is 19.1 Å². The smallest absolute Gasteiger partial charge is 0.303 e. The van der Waals surface area contributed by atoms with Gasteiger partial charge < -0.3 is 14.6 Å². The number of hydrogen-bond donors (Lipinski definition) is 1. The number of carboxylic acid groups (broad SMARTS) is 1. The van der Waals surface area contributed by atoms with Gasteiger partial charge in [0, 0.05) is 31.6 Å². The molecule has 0 aromatic heterocycles. The van der Waals surface area contributed by atoms with Gasteiger partial charge in [0.2, 0.25) is 0 Å². The molecule has 1 aliphatic heterocycles. The Kier molecular flexibility index (Phi) is 11.4. The first kappa shape index (κ1) is 25.3. The lowest BCUT2D eigenvalue weighted by atomic mass is 9.81. The van der Waals surface area contributed by atoms with Crippen LogP contribution in [0.3, 0.4) is 0 Å². The molecule has 0 amide bonds. The van der Waals surface area contributed by atoms with Gasteiger partial charge in [-0.1, -0.05) is 58.8 Å². The van der Waals surface area contributed by atoms with Gasteiger partial charge in [0.05, 0.1) is 13.2 Å². The molecular weight excluding hydrogens is 380 g/mol. The van der Waals surface area contributed by atoms with Crippen molar-refractivity contribution < 1.29 is 24.2 Å². The van der Waals surface area contributed by atoms with Crippen molar-refractivity contribution in [3.8, 4) is 0 Å². The second-order valence-corrected chi connectivity index (χ2v) is 9.58. The van der Waals surface area contributed by atoms with Crippen LogP contribution in [0.25, 0.3) is 0 Å². The summed E-state index contributed by atoms with van der Waals surface area (Å²) in [7, 11) is 0. The van der Waals surface area contributed by atoms with E-state index in [9.17, 15) is 9.59 Å². The summed E-state index contributed by atoms with van der Waals surface area (Å²) >= 11 is 0. The molecule has 2 fully saturated rings. The average molecular weight is 425 g/mol. The Bertz CT molecular complexity index is 512. The third-order valence-corrected chi connectivity index (χ3v) is 7.17. The number of hydrogen-bond acceptors (Lipinski definition) is 4. The van der Waals surface area contributed by atoms with Crippen LogP contribution < -0.4 is 0 Å². The van der Waals surface area contributed by atoms with E-state index in [4.69, 9.17) is 14.6 Å². The second-order valence-electron chi connectivity index (χ2n) is 9.58. The normalized spacial score (nSPS) is 25.8. The van der Waals surface area contributed by atoms with Crippen molar-refractivity contribution in [2.24, 2.45) is 17.8 Å². The molecule has 3 atom stereocenters. The number of aliphatic carboxylic acids is 1. The van der Waals surface area contributed by atoms with Gasteiger partial charge in [0.15, 0.2) is 5.79 Å². The molecule has 5 nitrogen and oxygen atoms in total. The number of carbonyl (C=O) groups is 2. The molecule has 0 bridgehead atoms. The number of ketones is 1. The first-order valence-corrected chi connectivity index (χ1v) is 12.5. The van der Waals surface area contributed by atoms with Crippen molar-refractivity contribution in [1.29, 1.82) is 0 Å². The van der Waals surface area contributed by atoms with Crippen LogP contribution in [0.15, 0.2) is 0 Å². The van der Waals surface area contributed by atoms with Crippen LogP contribution in [0.4, 0.5) is 0 Å². The molecule has 1 saturated carbocycles. The van der Waals surface area contributed by atoms with E-state index >= 15 is 0 Å². The van der Waals surface area contributed by atoms with Gasteiger partial charge in [-0.25, -0.2) is 0 Å². The van der Waals surface area contributed by atoms with Crippen LogP contribution in [0.5, 0.6) is 0 Å². The van der Waals surface area contributed by atoms with Crippen molar-refractivity contribution in [3.05, 3.63) is 0 Å². The van der Waals surface area contributed by atoms with Crippen LogP contribution in [0.2, 0.25) is 0 Å². The van der Waals surface area contributed by atoms with Crippen molar-refractivity contribution in [2.75, 3.05) is 13.2 Å². The third-order valence-electron chi connectivity index (χ3n) is 7.17. The molecule has 0 aromatic rings. The standard InChI is InChI=1S/C25H44O5/c1-3-4-5-8-11-15-25(29-17-18-30-25)16-14-21-20(2)19-23(26)22(21)12-9-6-7-10-13-24(27)28/h20-22H,3-19H2,1-2H3,(H,27,28)/t20-,21+,22-/m1/s1. The van der Waals surface area contributed by atoms with Crippen LogP contribution >= 0.6 is 0 Å². The van der Waals surface area contributed by atoms with Gasteiger partial charge in [0.1, 0.15) is 5.78 Å². The number of unbranched alkanes of at least 4 members (excludes halogenated alkanes) is 7. The molecular formula is C25H44O5. The zero-order valence-corrected chi connectivity index (χ0v) is 19.3. The molecule has 0 aromatic carbocycles. The van der Waals surface area contributed by atoms with Gasteiger partial charge in [-0.05, 0) is 37.5 Å². The zero-order chi connectivity index (χ0) is 21.8. The first-order valence-electron chi connectivity index (χ1n) is 12.5. The van der Waals surface area contributed by atoms with Gasteiger partial charge in [-0.15, -0.1) is 0 Å². The highest BCUT2D eigenvalue weighted by molar-refractivity contribution is 5.83. The molecule has 1 heterocycles. The summed E-state index contributed by atoms with van der Waals surface area (Å²) in [6, 6.07) is 0. The predicted molar refractivity (Wildman–Crippen MR) is 118 cm³/mol. The maximum atomic E-state index is 12.6. The third kappa shape index (κ3) is 8.30. The van der Waals surface area contributed by atoms with Crippen molar-refractivity contribution in [1.82, 2.24) is 0 Å². The van der Waals surface area contributed by atoms with E-state index in [2.05, 4.69) is 13.8 Å². The van der Waals surface area contributed by atoms with E-state index in [0.717, 1.165) is 57.8 Å². The fourth-order valence-electron chi connectivity index (χ4n) is 5.41. The summed E-state index contributed by atoms with van der Waals surface area (Å²) in [5.41, 5.74) is 0. The Morgan fingerprint density at radius 2 is 1.63 bits per heavy atom. The lowest BCUT2D eigenvalue weighted by molar-refractivity contribution is -0.171. The minimum atomic E-state index is -0.717. The maximum Gasteiger partial charge on any atom is 0.303 e. The van der Waals surface area contributed by atoms with E-state index < -0.39 is 11.8 Å². The summed E-state index contributed by atoms with van der Waals surface area (Å²) in [6.45, 7) is 5.84. The predicted octanol–water partition coefficient (Wildman–Crippen LogP) is 6.14. The molecule has 174 valence electrons. The Hall–Kier alpha value is -0.940. The molecule has 1 N–H and O–H groups in total. The number of carbonyl (C=O) groups excluding carboxylic acids is 1.